The highest BCUT2D eigenvalue weighted by molar-refractivity contribution is 5.93. The SMILES string of the molecule is C=C(C)C(=O)OC(CO)COc1ccc(OCC(CO)OC(=O)C(=C)C)c2ccccc12. The maximum atomic E-state index is 11.7. The van der Waals surface area contributed by atoms with Crippen molar-refractivity contribution in [3.05, 3.63) is 60.7 Å². The van der Waals surface area contributed by atoms with Crippen LogP contribution in [0.2, 0.25) is 0 Å². The van der Waals surface area contributed by atoms with E-state index in [-0.39, 0.29) is 24.4 Å². The van der Waals surface area contributed by atoms with Crippen molar-refractivity contribution in [1.82, 2.24) is 0 Å². The first-order chi connectivity index (χ1) is 15.3. The van der Waals surface area contributed by atoms with E-state index >= 15 is 0 Å². The van der Waals surface area contributed by atoms with Gasteiger partial charge >= 0.3 is 11.9 Å². The van der Waals surface area contributed by atoms with Gasteiger partial charge in [-0.3, -0.25) is 0 Å². The van der Waals surface area contributed by atoms with Gasteiger partial charge in [0.05, 0.1) is 13.2 Å². The van der Waals surface area contributed by atoms with Gasteiger partial charge in [-0.2, -0.15) is 0 Å². The highest BCUT2D eigenvalue weighted by Crippen LogP contribution is 2.33. The molecule has 0 bridgehead atoms. The van der Waals surface area contributed by atoms with Crippen LogP contribution in [0.1, 0.15) is 13.8 Å². The zero-order valence-corrected chi connectivity index (χ0v) is 18.2. The third-order valence-electron chi connectivity index (χ3n) is 4.35. The standard InChI is InChI=1S/C24H28O8/c1-15(2)23(27)31-17(11-25)13-29-21-9-10-22(20-8-6-5-7-19(20)21)30-14-18(12-26)32-24(28)16(3)4/h5-10,17-18,25-26H,1,3,11-14H2,2,4H3. The number of aliphatic hydroxyl groups is 2. The molecular weight excluding hydrogens is 416 g/mol. The number of fused-ring (bicyclic) bond motifs is 1. The monoisotopic (exact) mass is 444 g/mol. The lowest BCUT2D eigenvalue weighted by Crippen LogP contribution is -2.29. The van der Waals surface area contributed by atoms with Crippen molar-refractivity contribution in [3.63, 3.8) is 0 Å². The second-order valence-corrected chi connectivity index (χ2v) is 7.21. The second-order valence-electron chi connectivity index (χ2n) is 7.21. The van der Waals surface area contributed by atoms with Crippen LogP contribution in [0, 0.1) is 0 Å². The van der Waals surface area contributed by atoms with Gasteiger partial charge in [-0.25, -0.2) is 9.59 Å². The Bertz CT molecular complexity index is 903. The third-order valence-corrected chi connectivity index (χ3v) is 4.35. The first kappa shape index (κ1) is 24.9. The van der Waals surface area contributed by atoms with Gasteiger partial charge in [0.25, 0.3) is 0 Å². The first-order valence-corrected chi connectivity index (χ1v) is 9.98. The van der Waals surface area contributed by atoms with E-state index in [1.54, 1.807) is 12.1 Å². The molecule has 2 aromatic rings. The molecule has 0 spiro atoms. The van der Waals surface area contributed by atoms with E-state index < -0.39 is 37.4 Å². The molecule has 2 atom stereocenters. The molecule has 0 radical (unpaired) electrons. The van der Waals surface area contributed by atoms with E-state index in [4.69, 9.17) is 18.9 Å². The number of carbonyl (C=O) groups is 2. The molecule has 0 saturated heterocycles. The van der Waals surface area contributed by atoms with E-state index in [0.717, 1.165) is 10.8 Å². The Morgan fingerprint density at radius 3 is 1.47 bits per heavy atom. The van der Waals surface area contributed by atoms with Crippen LogP contribution in [0.5, 0.6) is 11.5 Å². The molecule has 0 aliphatic heterocycles. The Hall–Kier alpha value is -3.36. The lowest BCUT2D eigenvalue weighted by atomic mass is 10.1. The second kappa shape index (κ2) is 11.9. The predicted molar refractivity (Wildman–Crippen MR) is 118 cm³/mol. The number of esters is 2. The summed E-state index contributed by atoms with van der Waals surface area (Å²) in [6, 6.07) is 10.7. The molecule has 0 saturated carbocycles. The smallest absolute Gasteiger partial charge is 0.333 e. The quantitative estimate of drug-likeness (QED) is 0.380. The largest absolute Gasteiger partial charge is 0.489 e. The number of carbonyl (C=O) groups excluding carboxylic acids is 2. The summed E-state index contributed by atoms with van der Waals surface area (Å²) < 4.78 is 21.9. The van der Waals surface area contributed by atoms with Crippen molar-refractivity contribution in [3.8, 4) is 11.5 Å². The summed E-state index contributed by atoms with van der Waals surface area (Å²) >= 11 is 0. The molecule has 2 rings (SSSR count). The van der Waals surface area contributed by atoms with Crippen LogP contribution < -0.4 is 9.47 Å². The average Bonchev–Trinajstić information content (AvgIpc) is 2.79. The molecule has 0 amide bonds. The van der Waals surface area contributed by atoms with Gasteiger partial charge in [0.2, 0.25) is 0 Å². The maximum Gasteiger partial charge on any atom is 0.333 e. The van der Waals surface area contributed by atoms with Gasteiger partial charge in [0.1, 0.15) is 24.7 Å². The number of hydrogen-bond acceptors (Lipinski definition) is 8. The maximum absolute atomic E-state index is 11.7. The molecule has 0 aliphatic carbocycles. The van der Waals surface area contributed by atoms with Crippen molar-refractivity contribution >= 4 is 22.7 Å². The van der Waals surface area contributed by atoms with Gasteiger partial charge in [-0.15, -0.1) is 0 Å². The van der Waals surface area contributed by atoms with Crippen molar-refractivity contribution in [2.75, 3.05) is 26.4 Å². The minimum atomic E-state index is -0.845. The van der Waals surface area contributed by atoms with Crippen molar-refractivity contribution in [2.45, 2.75) is 26.1 Å². The number of aliphatic hydroxyl groups excluding tert-OH is 2. The number of rotatable bonds is 12. The van der Waals surface area contributed by atoms with Crippen LogP contribution >= 0.6 is 0 Å². The van der Waals surface area contributed by atoms with E-state index in [1.807, 2.05) is 24.3 Å². The fraction of sp³-hybridized carbons (Fsp3) is 0.333. The summed E-state index contributed by atoms with van der Waals surface area (Å²) in [6.07, 6.45) is -1.69. The molecule has 0 aliphatic rings. The van der Waals surface area contributed by atoms with E-state index in [1.165, 1.54) is 13.8 Å². The normalized spacial score (nSPS) is 12.5. The van der Waals surface area contributed by atoms with Crippen LogP contribution in [-0.2, 0) is 19.1 Å². The molecule has 8 nitrogen and oxygen atoms in total. The topological polar surface area (TPSA) is 112 Å². The summed E-state index contributed by atoms with van der Waals surface area (Å²) in [5, 5.41) is 20.4. The van der Waals surface area contributed by atoms with Gasteiger partial charge < -0.3 is 29.2 Å². The molecule has 2 unspecified atom stereocenters. The van der Waals surface area contributed by atoms with Gasteiger partial charge in [-0.1, -0.05) is 37.4 Å². The summed E-state index contributed by atoms with van der Waals surface area (Å²) in [4.78, 5) is 23.4. The third kappa shape index (κ3) is 6.83. The number of ether oxygens (including phenoxy) is 4. The molecule has 2 aromatic carbocycles. The Morgan fingerprint density at radius 1 is 0.781 bits per heavy atom. The Morgan fingerprint density at radius 2 is 1.16 bits per heavy atom. The Labute approximate surface area is 186 Å². The summed E-state index contributed by atoms with van der Waals surface area (Å²) in [6.45, 7) is 9.16. The molecule has 0 fully saturated rings. The highest BCUT2D eigenvalue weighted by atomic mass is 16.6. The minimum Gasteiger partial charge on any atom is -0.489 e. The molecule has 32 heavy (non-hydrogen) atoms. The van der Waals surface area contributed by atoms with Gasteiger partial charge in [-0.05, 0) is 26.0 Å². The zero-order valence-electron chi connectivity index (χ0n) is 18.2. The van der Waals surface area contributed by atoms with Crippen LogP contribution in [0.25, 0.3) is 10.8 Å². The van der Waals surface area contributed by atoms with Crippen molar-refractivity contribution in [2.24, 2.45) is 0 Å². The molecule has 2 N–H and O–H groups in total. The van der Waals surface area contributed by atoms with Gasteiger partial charge in [0.15, 0.2) is 12.2 Å². The van der Waals surface area contributed by atoms with Gasteiger partial charge in [0, 0.05) is 21.9 Å². The van der Waals surface area contributed by atoms with Crippen molar-refractivity contribution in [1.29, 1.82) is 0 Å². The lowest BCUT2D eigenvalue weighted by Gasteiger charge is -2.19. The summed E-state index contributed by atoms with van der Waals surface area (Å²) in [5.41, 5.74) is 0.455. The van der Waals surface area contributed by atoms with Crippen LogP contribution in [-0.4, -0.2) is 60.8 Å². The predicted octanol–water partition coefficient (Wildman–Crippen LogP) is 2.56. The minimum absolute atomic E-state index is 0.0524. The average molecular weight is 444 g/mol. The fourth-order valence-corrected chi connectivity index (χ4v) is 2.61. The van der Waals surface area contributed by atoms with E-state index in [9.17, 15) is 19.8 Å². The molecule has 0 aromatic heterocycles. The Balaban J connectivity index is 2.13. The van der Waals surface area contributed by atoms with E-state index in [0.29, 0.717) is 11.5 Å². The van der Waals surface area contributed by atoms with Crippen LogP contribution in [0.15, 0.2) is 60.7 Å². The Kier molecular flexibility index (Phi) is 9.24. The van der Waals surface area contributed by atoms with E-state index in [2.05, 4.69) is 13.2 Å². The summed E-state index contributed by atoms with van der Waals surface area (Å²) in [5.74, 6) is -0.200. The summed E-state index contributed by atoms with van der Waals surface area (Å²) in [7, 11) is 0. The first-order valence-electron chi connectivity index (χ1n) is 9.98. The molecule has 0 heterocycles. The molecule has 8 heteroatoms. The fourth-order valence-electron chi connectivity index (χ4n) is 2.61. The molecule has 172 valence electrons. The number of hydrogen-bond donors (Lipinski definition) is 2. The molecular formula is C24H28O8. The van der Waals surface area contributed by atoms with Crippen LogP contribution in [0.4, 0.5) is 0 Å². The van der Waals surface area contributed by atoms with Crippen molar-refractivity contribution < 1.29 is 38.7 Å². The lowest BCUT2D eigenvalue weighted by molar-refractivity contribution is -0.148. The zero-order chi connectivity index (χ0) is 23.7. The highest BCUT2D eigenvalue weighted by Gasteiger charge is 2.18. The number of benzene rings is 2. The van der Waals surface area contributed by atoms with Crippen LogP contribution in [0.3, 0.4) is 0 Å².